The molecule has 0 amide bonds. The molecule has 34 heavy (non-hydrogen) atoms. The van der Waals surface area contributed by atoms with Crippen LogP contribution >= 0.6 is 15.9 Å². The second kappa shape index (κ2) is 7.54. The molecule has 0 spiro atoms. The smallest absolute Gasteiger partial charge is 0.0788 e. The summed E-state index contributed by atoms with van der Waals surface area (Å²) in [5, 5.41) is 6.08. The minimum Gasteiger partial charge on any atom is -0.309 e. The minimum atomic E-state index is 1.01. The van der Waals surface area contributed by atoms with Crippen molar-refractivity contribution in [1.29, 1.82) is 0 Å². The topological polar surface area (TPSA) is 17.8 Å². The SMILES string of the molecule is Brc1ccc(-c2nc3ccccc3c3cc4c5ccccc5n(-c5ccccc5)c4cc23)cc1. The summed E-state index contributed by atoms with van der Waals surface area (Å²) >= 11 is 3.57. The Bertz CT molecular complexity index is 1850. The lowest BCUT2D eigenvalue weighted by Gasteiger charge is -2.12. The van der Waals surface area contributed by atoms with Crippen LogP contribution in [0.3, 0.4) is 0 Å². The van der Waals surface area contributed by atoms with E-state index in [1.165, 1.54) is 32.6 Å². The highest BCUT2D eigenvalue weighted by Gasteiger charge is 2.17. The third kappa shape index (κ3) is 2.91. The Balaban J connectivity index is 1.69. The number of halogens is 1. The third-order valence-corrected chi connectivity index (χ3v) is 7.15. The van der Waals surface area contributed by atoms with Gasteiger partial charge in [0.05, 0.1) is 22.2 Å². The van der Waals surface area contributed by atoms with Crippen molar-refractivity contribution in [3.63, 3.8) is 0 Å². The highest BCUT2D eigenvalue weighted by atomic mass is 79.9. The van der Waals surface area contributed by atoms with E-state index in [4.69, 9.17) is 4.98 Å². The van der Waals surface area contributed by atoms with Crippen LogP contribution in [0.2, 0.25) is 0 Å². The van der Waals surface area contributed by atoms with Crippen LogP contribution in [0.4, 0.5) is 0 Å². The van der Waals surface area contributed by atoms with Crippen LogP contribution in [-0.2, 0) is 0 Å². The molecule has 0 aliphatic rings. The molecular formula is C31H19BrN2. The van der Waals surface area contributed by atoms with E-state index in [0.29, 0.717) is 0 Å². The van der Waals surface area contributed by atoms with Gasteiger partial charge in [-0.15, -0.1) is 0 Å². The molecule has 0 aliphatic heterocycles. The van der Waals surface area contributed by atoms with Crippen LogP contribution in [-0.4, -0.2) is 9.55 Å². The molecular weight excluding hydrogens is 480 g/mol. The van der Waals surface area contributed by atoms with Crippen LogP contribution in [0, 0.1) is 0 Å². The summed E-state index contributed by atoms with van der Waals surface area (Å²) in [6.07, 6.45) is 0. The normalized spacial score (nSPS) is 11.7. The van der Waals surface area contributed by atoms with E-state index in [1.54, 1.807) is 0 Å². The Morgan fingerprint density at radius 3 is 2.06 bits per heavy atom. The second-order valence-electron chi connectivity index (χ2n) is 8.59. The van der Waals surface area contributed by atoms with Gasteiger partial charge in [0.1, 0.15) is 0 Å². The number of nitrogens with zero attached hydrogens (tertiary/aromatic N) is 2. The number of hydrogen-bond donors (Lipinski definition) is 0. The minimum absolute atomic E-state index is 1.01. The van der Waals surface area contributed by atoms with Gasteiger partial charge in [-0.1, -0.05) is 82.7 Å². The average molecular weight is 499 g/mol. The van der Waals surface area contributed by atoms with Crippen molar-refractivity contribution < 1.29 is 0 Å². The fraction of sp³-hybridized carbons (Fsp3) is 0. The molecule has 160 valence electrons. The molecule has 0 unspecified atom stereocenters. The van der Waals surface area contributed by atoms with Crippen LogP contribution in [0.15, 0.2) is 120 Å². The number of pyridine rings is 1. The molecule has 0 atom stereocenters. The molecule has 0 N–H and O–H groups in total. The van der Waals surface area contributed by atoms with Crippen molar-refractivity contribution in [2.75, 3.05) is 0 Å². The molecule has 0 saturated heterocycles. The van der Waals surface area contributed by atoms with Gasteiger partial charge in [-0.3, -0.25) is 0 Å². The second-order valence-corrected chi connectivity index (χ2v) is 9.50. The molecule has 0 radical (unpaired) electrons. The zero-order valence-corrected chi connectivity index (χ0v) is 19.8. The maximum absolute atomic E-state index is 5.14. The number of rotatable bonds is 2. The number of aromatic nitrogens is 2. The van der Waals surface area contributed by atoms with E-state index in [9.17, 15) is 0 Å². The van der Waals surface area contributed by atoms with Crippen LogP contribution < -0.4 is 0 Å². The van der Waals surface area contributed by atoms with Crippen LogP contribution in [0.5, 0.6) is 0 Å². The Hall–Kier alpha value is -3.95. The fourth-order valence-electron chi connectivity index (χ4n) is 5.10. The first-order valence-corrected chi connectivity index (χ1v) is 12.1. The van der Waals surface area contributed by atoms with Gasteiger partial charge in [-0.25, -0.2) is 4.98 Å². The first-order chi connectivity index (χ1) is 16.8. The molecule has 0 fully saturated rings. The summed E-state index contributed by atoms with van der Waals surface area (Å²) in [5.74, 6) is 0. The van der Waals surface area contributed by atoms with Crippen molar-refractivity contribution in [2.45, 2.75) is 0 Å². The summed E-state index contributed by atoms with van der Waals surface area (Å²) in [6.45, 7) is 0. The monoisotopic (exact) mass is 498 g/mol. The Morgan fingerprint density at radius 2 is 1.24 bits per heavy atom. The molecule has 3 heteroatoms. The predicted octanol–water partition coefficient (Wildman–Crippen LogP) is 8.91. The quantitative estimate of drug-likeness (QED) is 0.217. The highest BCUT2D eigenvalue weighted by molar-refractivity contribution is 9.10. The van der Waals surface area contributed by atoms with Gasteiger partial charge in [0, 0.05) is 37.3 Å². The zero-order valence-electron chi connectivity index (χ0n) is 18.2. The number of para-hydroxylation sites is 3. The summed E-state index contributed by atoms with van der Waals surface area (Å²) in [7, 11) is 0. The lowest BCUT2D eigenvalue weighted by atomic mass is 9.98. The van der Waals surface area contributed by atoms with Crippen molar-refractivity contribution in [1.82, 2.24) is 9.55 Å². The molecule has 7 rings (SSSR count). The molecule has 7 aromatic rings. The molecule has 0 bridgehead atoms. The highest BCUT2D eigenvalue weighted by Crippen LogP contribution is 2.39. The van der Waals surface area contributed by atoms with E-state index in [-0.39, 0.29) is 0 Å². The van der Waals surface area contributed by atoms with E-state index in [0.717, 1.165) is 32.3 Å². The standard InChI is InChI=1S/C31H19BrN2/c32-21-16-14-20(15-17-21)31-27-19-30-26(18-25(27)23-10-4-6-12-28(23)33-31)24-11-5-7-13-29(24)34(30)22-8-2-1-3-9-22/h1-19H. The molecule has 0 aliphatic carbocycles. The Kier molecular flexibility index (Phi) is 4.33. The largest absolute Gasteiger partial charge is 0.309 e. The molecule has 0 saturated carbocycles. The van der Waals surface area contributed by atoms with Gasteiger partial charge in [-0.2, -0.15) is 0 Å². The molecule has 5 aromatic carbocycles. The maximum atomic E-state index is 5.14. The number of benzene rings is 5. The first kappa shape index (κ1) is 19.5. The number of fused-ring (bicyclic) bond motifs is 6. The summed E-state index contributed by atoms with van der Waals surface area (Å²) in [4.78, 5) is 5.14. The van der Waals surface area contributed by atoms with Crippen LogP contribution in [0.1, 0.15) is 0 Å². The summed E-state index contributed by atoms with van der Waals surface area (Å²) < 4.78 is 3.43. The summed E-state index contributed by atoms with van der Waals surface area (Å²) in [5.41, 5.74) is 6.69. The summed E-state index contributed by atoms with van der Waals surface area (Å²) in [6, 6.07) is 40.8. The van der Waals surface area contributed by atoms with Gasteiger partial charge >= 0.3 is 0 Å². The number of hydrogen-bond acceptors (Lipinski definition) is 1. The zero-order chi connectivity index (χ0) is 22.6. The van der Waals surface area contributed by atoms with Gasteiger partial charge in [0.15, 0.2) is 0 Å². The molecule has 2 aromatic heterocycles. The van der Waals surface area contributed by atoms with E-state index < -0.39 is 0 Å². The van der Waals surface area contributed by atoms with Gasteiger partial charge in [-0.05, 0) is 53.9 Å². The lowest BCUT2D eigenvalue weighted by molar-refractivity contribution is 1.18. The Labute approximate surface area is 205 Å². The molecule has 2 nitrogen and oxygen atoms in total. The van der Waals surface area contributed by atoms with Crippen molar-refractivity contribution in [3.8, 4) is 16.9 Å². The molecule has 2 heterocycles. The van der Waals surface area contributed by atoms with Crippen molar-refractivity contribution in [2.24, 2.45) is 0 Å². The van der Waals surface area contributed by atoms with Crippen molar-refractivity contribution >= 4 is 59.4 Å². The average Bonchev–Trinajstić information content (AvgIpc) is 3.21. The maximum Gasteiger partial charge on any atom is 0.0788 e. The van der Waals surface area contributed by atoms with E-state index in [1.807, 2.05) is 0 Å². The van der Waals surface area contributed by atoms with Gasteiger partial charge in [0.2, 0.25) is 0 Å². The van der Waals surface area contributed by atoms with E-state index >= 15 is 0 Å². The van der Waals surface area contributed by atoms with Gasteiger partial charge in [0.25, 0.3) is 0 Å². The third-order valence-electron chi connectivity index (χ3n) is 6.63. The fourth-order valence-corrected chi connectivity index (χ4v) is 5.36. The van der Waals surface area contributed by atoms with Crippen molar-refractivity contribution in [3.05, 3.63) is 120 Å². The van der Waals surface area contributed by atoms with Gasteiger partial charge < -0.3 is 4.57 Å². The Morgan fingerprint density at radius 1 is 0.529 bits per heavy atom. The predicted molar refractivity (Wildman–Crippen MR) is 147 cm³/mol. The van der Waals surface area contributed by atoms with E-state index in [2.05, 4.69) is 136 Å². The first-order valence-electron chi connectivity index (χ1n) is 11.3. The lowest BCUT2D eigenvalue weighted by Crippen LogP contribution is -1.94. The van der Waals surface area contributed by atoms with Crippen LogP contribution in [0.25, 0.3) is 60.4 Å².